The van der Waals surface area contributed by atoms with Gasteiger partial charge in [-0.3, -0.25) is 9.59 Å². The molecular formula is C16H21ClO3. The molecule has 0 N–H and O–H groups in total. The van der Waals surface area contributed by atoms with Gasteiger partial charge in [0.05, 0.1) is 6.61 Å². The molecule has 1 fully saturated rings. The Morgan fingerprint density at radius 2 is 1.95 bits per heavy atom. The zero-order valence-electron chi connectivity index (χ0n) is 12.0. The molecule has 0 radical (unpaired) electrons. The van der Waals surface area contributed by atoms with Gasteiger partial charge in [0.2, 0.25) is 0 Å². The molecule has 3 nitrogen and oxygen atoms in total. The van der Waals surface area contributed by atoms with Crippen LogP contribution in [-0.2, 0) is 20.7 Å². The number of ether oxygens (including phenoxy) is 1. The van der Waals surface area contributed by atoms with E-state index in [0.717, 1.165) is 24.3 Å². The van der Waals surface area contributed by atoms with Gasteiger partial charge in [0.25, 0.3) is 6.47 Å². The van der Waals surface area contributed by atoms with Crippen molar-refractivity contribution in [1.29, 1.82) is 0 Å². The predicted molar refractivity (Wildman–Crippen MR) is 79.7 cm³/mol. The van der Waals surface area contributed by atoms with Crippen LogP contribution in [0.3, 0.4) is 0 Å². The van der Waals surface area contributed by atoms with E-state index in [9.17, 15) is 9.59 Å². The summed E-state index contributed by atoms with van der Waals surface area (Å²) in [5, 5.41) is 0.755. The van der Waals surface area contributed by atoms with Crippen molar-refractivity contribution >= 4 is 23.9 Å². The van der Waals surface area contributed by atoms with E-state index in [4.69, 9.17) is 11.6 Å². The van der Waals surface area contributed by atoms with Crippen molar-refractivity contribution in [2.75, 3.05) is 6.61 Å². The second-order valence-corrected chi connectivity index (χ2v) is 5.40. The summed E-state index contributed by atoms with van der Waals surface area (Å²) >= 11 is 5.81. The Bertz CT molecular complexity index is 428. The maximum Gasteiger partial charge on any atom is 0.293 e. The number of Topliss-reactive ketones (excluding diaryl/α,β-unsaturated/α-hetero) is 1. The molecule has 1 aromatic rings. The van der Waals surface area contributed by atoms with E-state index in [1.165, 1.54) is 5.56 Å². The molecule has 2 atom stereocenters. The minimum Gasteiger partial charge on any atom is -0.468 e. The molecule has 1 aliphatic carbocycles. The number of benzene rings is 1. The Hall–Kier alpha value is -1.35. The van der Waals surface area contributed by atoms with Crippen molar-refractivity contribution in [2.45, 2.75) is 33.1 Å². The molecule has 0 aliphatic heterocycles. The molecule has 2 unspecified atom stereocenters. The fourth-order valence-corrected chi connectivity index (χ4v) is 2.44. The third-order valence-corrected chi connectivity index (χ3v) is 3.72. The van der Waals surface area contributed by atoms with Gasteiger partial charge in [-0.25, -0.2) is 0 Å². The molecule has 4 heteroatoms. The molecule has 1 aromatic carbocycles. The number of rotatable bonds is 4. The van der Waals surface area contributed by atoms with Crippen molar-refractivity contribution in [1.82, 2.24) is 0 Å². The minimum atomic E-state index is 0.237. The zero-order chi connectivity index (χ0) is 15.0. The summed E-state index contributed by atoms with van der Waals surface area (Å²) in [6.45, 7) is 4.70. The average Bonchev–Trinajstić information content (AvgIpc) is 2.75. The highest BCUT2D eigenvalue weighted by Gasteiger charge is 2.30. The van der Waals surface area contributed by atoms with Crippen molar-refractivity contribution in [3.05, 3.63) is 34.9 Å². The number of carbonyl (C=O) groups excluding carboxylic acids is 2. The van der Waals surface area contributed by atoms with Crippen molar-refractivity contribution in [2.24, 2.45) is 11.8 Å². The first-order valence-corrected chi connectivity index (χ1v) is 7.29. The van der Waals surface area contributed by atoms with Crippen LogP contribution in [-0.4, -0.2) is 18.9 Å². The Labute approximate surface area is 125 Å². The Kier molecular flexibility index (Phi) is 7.31. The molecule has 0 amide bonds. The number of carbonyl (C=O) groups is 2. The molecule has 0 bridgehead atoms. The molecule has 20 heavy (non-hydrogen) atoms. The SMILES string of the molecule is CC1CCC(Cc2ccc(Cl)cc2)C1=O.CCOC=O. The van der Waals surface area contributed by atoms with E-state index in [0.29, 0.717) is 18.9 Å². The fourth-order valence-electron chi connectivity index (χ4n) is 2.31. The predicted octanol–water partition coefficient (Wildman–Crippen LogP) is 3.68. The number of hydrogen-bond acceptors (Lipinski definition) is 3. The van der Waals surface area contributed by atoms with Crippen molar-refractivity contribution < 1.29 is 14.3 Å². The van der Waals surface area contributed by atoms with Gasteiger partial charge in [0.15, 0.2) is 0 Å². The first-order valence-electron chi connectivity index (χ1n) is 6.91. The van der Waals surface area contributed by atoms with Gasteiger partial charge in [-0.2, -0.15) is 0 Å². The largest absolute Gasteiger partial charge is 0.468 e. The molecule has 1 saturated carbocycles. The highest BCUT2D eigenvalue weighted by Crippen LogP contribution is 2.29. The van der Waals surface area contributed by atoms with Gasteiger partial charge in [0, 0.05) is 16.9 Å². The summed E-state index contributed by atoms with van der Waals surface area (Å²) in [6, 6.07) is 7.80. The second-order valence-electron chi connectivity index (χ2n) is 4.96. The molecule has 0 saturated heterocycles. The van der Waals surface area contributed by atoms with E-state index in [-0.39, 0.29) is 11.8 Å². The van der Waals surface area contributed by atoms with E-state index >= 15 is 0 Å². The molecule has 0 heterocycles. The average molecular weight is 297 g/mol. The summed E-state index contributed by atoms with van der Waals surface area (Å²) in [4.78, 5) is 20.9. The van der Waals surface area contributed by atoms with Crippen LogP contribution in [0.25, 0.3) is 0 Å². The van der Waals surface area contributed by atoms with E-state index in [1.807, 2.05) is 31.2 Å². The van der Waals surface area contributed by atoms with Crippen LogP contribution in [0.2, 0.25) is 5.02 Å². The molecule has 0 spiro atoms. The van der Waals surface area contributed by atoms with Crippen LogP contribution in [0.1, 0.15) is 32.3 Å². The van der Waals surface area contributed by atoms with Crippen LogP contribution >= 0.6 is 11.6 Å². The Morgan fingerprint density at radius 1 is 1.30 bits per heavy atom. The fraction of sp³-hybridized carbons (Fsp3) is 0.500. The van der Waals surface area contributed by atoms with Crippen LogP contribution in [0, 0.1) is 11.8 Å². The van der Waals surface area contributed by atoms with Crippen LogP contribution < -0.4 is 0 Å². The first kappa shape index (κ1) is 16.7. The minimum absolute atomic E-state index is 0.237. The Morgan fingerprint density at radius 3 is 2.35 bits per heavy atom. The summed E-state index contributed by atoms with van der Waals surface area (Å²) in [7, 11) is 0. The molecule has 2 rings (SSSR count). The number of halogens is 1. The maximum absolute atomic E-state index is 11.8. The van der Waals surface area contributed by atoms with Crippen molar-refractivity contribution in [3.63, 3.8) is 0 Å². The molecule has 110 valence electrons. The maximum atomic E-state index is 11.8. The van der Waals surface area contributed by atoms with Crippen LogP contribution in [0.5, 0.6) is 0 Å². The summed E-state index contributed by atoms with van der Waals surface area (Å²) < 4.78 is 4.15. The standard InChI is InChI=1S/C13H15ClO.C3H6O2/c1-9-2-5-11(13(9)15)8-10-3-6-12(14)7-4-10;1-2-5-3-4/h3-4,6-7,9,11H,2,5,8H2,1H3;3H,2H2,1H3. The third-order valence-electron chi connectivity index (χ3n) is 3.47. The summed E-state index contributed by atoms with van der Waals surface area (Å²) in [5.74, 6) is 0.938. The highest BCUT2D eigenvalue weighted by atomic mass is 35.5. The first-order chi connectivity index (χ1) is 9.58. The van der Waals surface area contributed by atoms with Gasteiger partial charge >= 0.3 is 0 Å². The van der Waals surface area contributed by atoms with Gasteiger partial charge in [-0.05, 0) is 43.9 Å². The molecule has 1 aliphatic rings. The van der Waals surface area contributed by atoms with Crippen molar-refractivity contribution in [3.8, 4) is 0 Å². The normalized spacial score (nSPS) is 21.1. The van der Waals surface area contributed by atoms with E-state index in [2.05, 4.69) is 4.74 Å². The van der Waals surface area contributed by atoms with Gasteiger partial charge in [-0.1, -0.05) is 30.7 Å². The van der Waals surface area contributed by atoms with Gasteiger partial charge in [-0.15, -0.1) is 0 Å². The quantitative estimate of drug-likeness (QED) is 0.796. The third kappa shape index (κ3) is 5.33. The lowest BCUT2D eigenvalue weighted by atomic mass is 9.96. The van der Waals surface area contributed by atoms with Gasteiger partial charge in [0.1, 0.15) is 5.78 Å². The lowest BCUT2D eigenvalue weighted by Crippen LogP contribution is -2.13. The highest BCUT2D eigenvalue weighted by molar-refractivity contribution is 6.30. The van der Waals surface area contributed by atoms with Crippen LogP contribution in [0.15, 0.2) is 24.3 Å². The molecule has 0 aromatic heterocycles. The Balaban J connectivity index is 0.000000347. The number of hydrogen-bond donors (Lipinski definition) is 0. The smallest absolute Gasteiger partial charge is 0.293 e. The molecular weight excluding hydrogens is 276 g/mol. The summed E-state index contributed by atoms with van der Waals surface area (Å²) in [5.41, 5.74) is 1.21. The zero-order valence-corrected chi connectivity index (χ0v) is 12.7. The number of ketones is 1. The van der Waals surface area contributed by atoms with Crippen LogP contribution in [0.4, 0.5) is 0 Å². The topological polar surface area (TPSA) is 43.4 Å². The monoisotopic (exact) mass is 296 g/mol. The summed E-state index contributed by atoms with van der Waals surface area (Å²) in [6.07, 6.45) is 2.97. The lowest BCUT2D eigenvalue weighted by Gasteiger charge is -2.08. The lowest BCUT2D eigenvalue weighted by molar-refractivity contribution is -0.128. The van der Waals surface area contributed by atoms with Gasteiger partial charge < -0.3 is 4.74 Å². The van der Waals surface area contributed by atoms with E-state index in [1.54, 1.807) is 6.92 Å². The second kappa shape index (κ2) is 8.75. The van der Waals surface area contributed by atoms with E-state index < -0.39 is 0 Å².